The molecule has 0 aliphatic carbocycles. The van der Waals surface area contributed by atoms with Gasteiger partial charge in [-0.3, -0.25) is 9.67 Å². The third-order valence-corrected chi connectivity index (χ3v) is 3.40. The maximum Gasteiger partial charge on any atom is 0.154 e. The van der Waals surface area contributed by atoms with Gasteiger partial charge in [-0.15, -0.1) is 5.10 Å². The van der Waals surface area contributed by atoms with Crippen molar-refractivity contribution in [3.63, 3.8) is 0 Å². The summed E-state index contributed by atoms with van der Waals surface area (Å²) in [7, 11) is 1.89. The standard InChI is InChI=1S/C16H13N7/c1-23-10-12(9-19-23)11-7-14-13(17-8-11)4-5-15(20-14)21-16-3-2-6-18-22-16/h2-10H,1H3,(H,20,21,22). The minimum absolute atomic E-state index is 0.649. The van der Waals surface area contributed by atoms with Crippen molar-refractivity contribution in [3.8, 4) is 11.1 Å². The van der Waals surface area contributed by atoms with Crippen LogP contribution in [0.1, 0.15) is 0 Å². The van der Waals surface area contributed by atoms with E-state index in [1.807, 2.05) is 56.0 Å². The molecule has 0 bridgehead atoms. The lowest BCUT2D eigenvalue weighted by atomic mass is 10.1. The number of rotatable bonds is 3. The summed E-state index contributed by atoms with van der Waals surface area (Å²) >= 11 is 0. The van der Waals surface area contributed by atoms with Crippen molar-refractivity contribution in [2.24, 2.45) is 7.05 Å². The van der Waals surface area contributed by atoms with E-state index in [0.29, 0.717) is 11.6 Å². The molecule has 0 aliphatic heterocycles. The first-order chi connectivity index (χ1) is 11.3. The van der Waals surface area contributed by atoms with Crippen molar-refractivity contribution in [2.75, 3.05) is 5.32 Å². The van der Waals surface area contributed by atoms with Crippen LogP contribution in [0.3, 0.4) is 0 Å². The fourth-order valence-electron chi connectivity index (χ4n) is 2.30. The van der Waals surface area contributed by atoms with Crippen molar-refractivity contribution >= 4 is 22.7 Å². The number of aromatic nitrogens is 6. The number of nitrogens with zero attached hydrogens (tertiary/aromatic N) is 6. The minimum atomic E-state index is 0.649. The minimum Gasteiger partial charge on any atom is -0.323 e. The van der Waals surface area contributed by atoms with Gasteiger partial charge in [-0.05, 0) is 30.3 Å². The zero-order chi connectivity index (χ0) is 15.6. The number of hydrogen-bond donors (Lipinski definition) is 1. The number of pyridine rings is 2. The van der Waals surface area contributed by atoms with E-state index in [0.717, 1.165) is 22.2 Å². The highest BCUT2D eigenvalue weighted by molar-refractivity contribution is 5.81. The maximum atomic E-state index is 4.59. The molecule has 0 radical (unpaired) electrons. The smallest absolute Gasteiger partial charge is 0.154 e. The summed E-state index contributed by atoms with van der Waals surface area (Å²) in [5.74, 6) is 1.35. The molecule has 0 aromatic carbocycles. The molecule has 23 heavy (non-hydrogen) atoms. The van der Waals surface area contributed by atoms with Crippen LogP contribution in [0.25, 0.3) is 22.2 Å². The molecule has 0 aliphatic rings. The van der Waals surface area contributed by atoms with Crippen LogP contribution in [0, 0.1) is 0 Å². The van der Waals surface area contributed by atoms with E-state index in [2.05, 4.69) is 30.6 Å². The molecule has 0 fully saturated rings. The Morgan fingerprint density at radius 2 is 1.96 bits per heavy atom. The van der Waals surface area contributed by atoms with Gasteiger partial charge in [0.05, 0.1) is 17.2 Å². The average molecular weight is 303 g/mol. The second-order valence-corrected chi connectivity index (χ2v) is 5.10. The predicted octanol–water partition coefficient (Wildman–Crippen LogP) is 2.56. The van der Waals surface area contributed by atoms with Crippen molar-refractivity contribution in [3.05, 3.63) is 55.1 Å². The Labute approximate surface area is 132 Å². The van der Waals surface area contributed by atoms with E-state index in [9.17, 15) is 0 Å². The van der Waals surface area contributed by atoms with Gasteiger partial charge >= 0.3 is 0 Å². The molecule has 7 heteroatoms. The third-order valence-electron chi connectivity index (χ3n) is 3.40. The van der Waals surface area contributed by atoms with Gasteiger partial charge in [0.15, 0.2) is 5.82 Å². The van der Waals surface area contributed by atoms with Crippen molar-refractivity contribution < 1.29 is 0 Å². The molecule has 0 saturated heterocycles. The van der Waals surface area contributed by atoms with E-state index < -0.39 is 0 Å². The molecule has 112 valence electrons. The van der Waals surface area contributed by atoms with Gasteiger partial charge in [-0.2, -0.15) is 10.2 Å². The number of anilines is 2. The molecule has 0 spiro atoms. The summed E-state index contributed by atoms with van der Waals surface area (Å²) in [4.78, 5) is 9.05. The average Bonchev–Trinajstić information content (AvgIpc) is 3.02. The quantitative estimate of drug-likeness (QED) is 0.626. The summed E-state index contributed by atoms with van der Waals surface area (Å²) < 4.78 is 1.76. The molecule has 0 amide bonds. The first-order valence-electron chi connectivity index (χ1n) is 7.08. The number of hydrogen-bond acceptors (Lipinski definition) is 6. The first kappa shape index (κ1) is 13.3. The Bertz CT molecular complexity index is 963. The molecule has 4 aromatic rings. The zero-order valence-electron chi connectivity index (χ0n) is 12.4. The summed E-state index contributed by atoms with van der Waals surface area (Å²) in [6.07, 6.45) is 7.22. The fraction of sp³-hybridized carbons (Fsp3) is 0.0625. The monoisotopic (exact) mass is 303 g/mol. The summed E-state index contributed by atoms with van der Waals surface area (Å²) in [6.45, 7) is 0. The highest BCUT2D eigenvalue weighted by atomic mass is 15.2. The van der Waals surface area contributed by atoms with E-state index >= 15 is 0 Å². The maximum absolute atomic E-state index is 4.59. The Hall–Kier alpha value is -3.35. The van der Waals surface area contributed by atoms with Gasteiger partial charge in [0.2, 0.25) is 0 Å². The van der Waals surface area contributed by atoms with Crippen molar-refractivity contribution in [1.29, 1.82) is 0 Å². The van der Waals surface area contributed by atoms with E-state index in [1.165, 1.54) is 0 Å². The second kappa shape index (κ2) is 5.45. The Kier molecular flexibility index (Phi) is 3.16. The van der Waals surface area contributed by atoms with Crippen LogP contribution in [0.5, 0.6) is 0 Å². The highest BCUT2D eigenvalue weighted by Gasteiger charge is 2.05. The summed E-state index contributed by atoms with van der Waals surface area (Å²) in [5, 5.41) is 15.1. The molecule has 0 unspecified atom stereocenters. The Balaban J connectivity index is 1.72. The second-order valence-electron chi connectivity index (χ2n) is 5.10. The van der Waals surface area contributed by atoms with Crippen LogP contribution >= 0.6 is 0 Å². The van der Waals surface area contributed by atoms with E-state index in [1.54, 1.807) is 10.9 Å². The lowest BCUT2D eigenvalue weighted by Gasteiger charge is -2.05. The van der Waals surface area contributed by atoms with Gasteiger partial charge in [-0.25, -0.2) is 4.98 Å². The Morgan fingerprint density at radius 3 is 2.74 bits per heavy atom. The molecule has 4 rings (SSSR count). The molecule has 1 N–H and O–H groups in total. The normalized spacial score (nSPS) is 10.8. The molecule has 0 atom stereocenters. The molecule has 7 nitrogen and oxygen atoms in total. The van der Waals surface area contributed by atoms with Crippen LogP contribution < -0.4 is 5.32 Å². The summed E-state index contributed by atoms with van der Waals surface area (Å²) in [5.41, 5.74) is 3.63. The van der Waals surface area contributed by atoms with Crippen LogP contribution in [0.15, 0.2) is 55.1 Å². The molecule has 4 heterocycles. The van der Waals surface area contributed by atoms with Gasteiger partial charge in [-0.1, -0.05) is 0 Å². The number of fused-ring (bicyclic) bond motifs is 1. The van der Waals surface area contributed by atoms with Crippen LogP contribution in [0.4, 0.5) is 11.6 Å². The van der Waals surface area contributed by atoms with Crippen molar-refractivity contribution in [1.82, 2.24) is 29.9 Å². The molecular weight excluding hydrogens is 290 g/mol. The van der Waals surface area contributed by atoms with Gasteiger partial charge in [0, 0.05) is 36.8 Å². The molecule has 4 aromatic heterocycles. The summed E-state index contributed by atoms with van der Waals surface area (Å²) in [6, 6.07) is 9.45. The van der Waals surface area contributed by atoms with Crippen LogP contribution in [-0.2, 0) is 7.05 Å². The SMILES string of the molecule is Cn1cc(-c2cnc3ccc(Nc4cccnn4)nc3c2)cn1. The zero-order valence-corrected chi connectivity index (χ0v) is 12.4. The number of nitrogens with one attached hydrogen (secondary N) is 1. The van der Waals surface area contributed by atoms with Gasteiger partial charge in [0.25, 0.3) is 0 Å². The fourth-order valence-corrected chi connectivity index (χ4v) is 2.30. The lowest BCUT2D eigenvalue weighted by Crippen LogP contribution is -1.97. The highest BCUT2D eigenvalue weighted by Crippen LogP contribution is 2.22. The van der Waals surface area contributed by atoms with Crippen LogP contribution in [-0.4, -0.2) is 29.9 Å². The van der Waals surface area contributed by atoms with Crippen LogP contribution in [0.2, 0.25) is 0 Å². The first-order valence-corrected chi connectivity index (χ1v) is 7.08. The van der Waals surface area contributed by atoms with Gasteiger partial charge < -0.3 is 5.32 Å². The Morgan fingerprint density at radius 1 is 1.00 bits per heavy atom. The predicted molar refractivity (Wildman–Crippen MR) is 87.1 cm³/mol. The molecular formula is C16H13N7. The van der Waals surface area contributed by atoms with Crippen molar-refractivity contribution in [2.45, 2.75) is 0 Å². The third kappa shape index (κ3) is 2.71. The largest absolute Gasteiger partial charge is 0.323 e. The topological polar surface area (TPSA) is 81.4 Å². The van der Waals surface area contributed by atoms with E-state index in [4.69, 9.17) is 0 Å². The number of aryl methyl sites for hydroxylation is 1. The van der Waals surface area contributed by atoms with Gasteiger partial charge in [0.1, 0.15) is 5.82 Å². The van der Waals surface area contributed by atoms with E-state index in [-0.39, 0.29) is 0 Å². The molecule has 0 saturated carbocycles. The lowest BCUT2D eigenvalue weighted by molar-refractivity contribution is 0.768.